The average molecular weight is 509 g/mol. The molecule has 2 aliphatic rings. The van der Waals surface area contributed by atoms with Crippen LogP contribution in [0.4, 0.5) is 5.69 Å². The molecule has 2 heterocycles. The van der Waals surface area contributed by atoms with Gasteiger partial charge < -0.3 is 4.90 Å². The molecule has 2 aromatic carbocycles. The van der Waals surface area contributed by atoms with Crippen LogP contribution in [0.2, 0.25) is 0 Å². The maximum absolute atomic E-state index is 13.1. The van der Waals surface area contributed by atoms with E-state index in [2.05, 4.69) is 16.1 Å². The van der Waals surface area contributed by atoms with Crippen molar-refractivity contribution in [1.82, 2.24) is 14.8 Å². The molecule has 0 radical (unpaired) electrons. The SMILES string of the molecule is Cc1ccc(-n2nc(COS(C)(=O)=O)nc2-c2ccc3c(c2)C(C2CCCC2)[C@H](C)C(=O)N3C)cc1. The van der Waals surface area contributed by atoms with E-state index in [9.17, 15) is 13.2 Å². The lowest BCUT2D eigenvalue weighted by Gasteiger charge is -2.39. The lowest BCUT2D eigenvalue weighted by molar-refractivity contribution is -0.123. The number of aromatic nitrogens is 3. The Morgan fingerprint density at radius 1 is 1.08 bits per heavy atom. The summed E-state index contributed by atoms with van der Waals surface area (Å²) in [5.74, 6) is 1.60. The minimum absolute atomic E-state index is 0.0884. The summed E-state index contributed by atoms with van der Waals surface area (Å²) in [7, 11) is -1.79. The topological polar surface area (TPSA) is 94.4 Å². The molecule has 1 aliphatic carbocycles. The van der Waals surface area contributed by atoms with Gasteiger partial charge in [-0.15, -0.1) is 5.10 Å². The average Bonchev–Trinajstić information content (AvgIpc) is 3.52. The molecular formula is C27H32N4O4S. The Bertz CT molecular complexity index is 1390. The molecule has 0 bridgehead atoms. The van der Waals surface area contributed by atoms with Crippen LogP contribution in [0.5, 0.6) is 0 Å². The van der Waals surface area contributed by atoms with Crippen LogP contribution in [0.1, 0.15) is 55.5 Å². The van der Waals surface area contributed by atoms with Crippen molar-refractivity contribution in [2.24, 2.45) is 11.8 Å². The third-order valence-electron chi connectivity index (χ3n) is 7.50. The van der Waals surface area contributed by atoms with Gasteiger partial charge in [0, 0.05) is 30.1 Å². The zero-order valence-electron chi connectivity index (χ0n) is 21.1. The Morgan fingerprint density at radius 2 is 1.78 bits per heavy atom. The third kappa shape index (κ3) is 4.69. The predicted octanol–water partition coefficient (Wildman–Crippen LogP) is 4.61. The molecule has 0 spiro atoms. The summed E-state index contributed by atoms with van der Waals surface area (Å²) in [4.78, 5) is 19.5. The normalized spacial score (nSPS) is 20.7. The monoisotopic (exact) mass is 508 g/mol. The molecule has 190 valence electrons. The van der Waals surface area contributed by atoms with Crippen molar-refractivity contribution in [3.8, 4) is 17.1 Å². The molecule has 1 saturated carbocycles. The second kappa shape index (κ2) is 9.44. The van der Waals surface area contributed by atoms with Gasteiger partial charge in [0.15, 0.2) is 11.6 Å². The molecule has 0 N–H and O–H groups in total. The van der Waals surface area contributed by atoms with Crippen LogP contribution < -0.4 is 4.90 Å². The van der Waals surface area contributed by atoms with E-state index in [1.807, 2.05) is 57.3 Å². The zero-order valence-corrected chi connectivity index (χ0v) is 22.0. The first kappa shape index (κ1) is 24.6. The minimum Gasteiger partial charge on any atom is -0.315 e. The molecule has 2 atom stereocenters. The first-order chi connectivity index (χ1) is 17.1. The number of anilines is 1. The third-order valence-corrected chi connectivity index (χ3v) is 8.05. The van der Waals surface area contributed by atoms with E-state index in [-0.39, 0.29) is 30.2 Å². The second-order valence-electron chi connectivity index (χ2n) is 10.1. The van der Waals surface area contributed by atoms with Crippen LogP contribution in [0.25, 0.3) is 17.1 Å². The Labute approximate surface area is 212 Å². The van der Waals surface area contributed by atoms with Gasteiger partial charge in [0.2, 0.25) is 5.91 Å². The van der Waals surface area contributed by atoms with Gasteiger partial charge in [-0.05, 0) is 61.6 Å². The van der Waals surface area contributed by atoms with Crippen molar-refractivity contribution >= 4 is 21.7 Å². The quantitative estimate of drug-likeness (QED) is 0.452. The first-order valence-corrected chi connectivity index (χ1v) is 14.2. The molecule has 8 nitrogen and oxygen atoms in total. The van der Waals surface area contributed by atoms with E-state index in [4.69, 9.17) is 4.18 Å². The highest BCUT2D eigenvalue weighted by Crippen LogP contribution is 2.49. The molecule has 1 fully saturated rings. The predicted molar refractivity (Wildman–Crippen MR) is 138 cm³/mol. The summed E-state index contributed by atoms with van der Waals surface area (Å²) in [5.41, 5.74) is 4.92. The van der Waals surface area contributed by atoms with Crippen molar-refractivity contribution in [3.63, 3.8) is 0 Å². The zero-order chi connectivity index (χ0) is 25.6. The molecule has 5 rings (SSSR count). The van der Waals surface area contributed by atoms with Crippen LogP contribution in [-0.2, 0) is 25.7 Å². The number of hydrogen-bond donors (Lipinski definition) is 0. The van der Waals surface area contributed by atoms with E-state index >= 15 is 0 Å². The number of aryl methyl sites for hydroxylation is 1. The fraction of sp³-hybridized carbons (Fsp3) is 0.444. The number of hydrogen-bond acceptors (Lipinski definition) is 6. The first-order valence-electron chi connectivity index (χ1n) is 12.4. The number of carbonyl (C=O) groups excluding carboxylic acids is 1. The highest BCUT2D eigenvalue weighted by atomic mass is 32.2. The van der Waals surface area contributed by atoms with Gasteiger partial charge in [0.05, 0.1) is 11.9 Å². The lowest BCUT2D eigenvalue weighted by Crippen LogP contribution is -2.41. The summed E-state index contributed by atoms with van der Waals surface area (Å²) in [6.07, 6.45) is 5.71. The highest BCUT2D eigenvalue weighted by Gasteiger charge is 2.41. The van der Waals surface area contributed by atoms with Gasteiger partial charge in [0.1, 0.15) is 6.61 Å². The van der Waals surface area contributed by atoms with Crippen LogP contribution in [0.3, 0.4) is 0 Å². The smallest absolute Gasteiger partial charge is 0.264 e. The molecule has 3 aromatic rings. The molecule has 1 amide bonds. The van der Waals surface area contributed by atoms with Gasteiger partial charge >= 0.3 is 0 Å². The summed E-state index contributed by atoms with van der Waals surface area (Å²) >= 11 is 0. The molecular weight excluding hydrogens is 476 g/mol. The van der Waals surface area contributed by atoms with Gasteiger partial charge in [-0.1, -0.05) is 37.5 Å². The fourth-order valence-corrected chi connectivity index (χ4v) is 6.04. The Morgan fingerprint density at radius 3 is 2.44 bits per heavy atom. The number of nitrogens with zero attached hydrogens (tertiary/aromatic N) is 4. The van der Waals surface area contributed by atoms with E-state index < -0.39 is 10.1 Å². The molecule has 1 aliphatic heterocycles. The maximum Gasteiger partial charge on any atom is 0.264 e. The van der Waals surface area contributed by atoms with Crippen LogP contribution >= 0.6 is 0 Å². The molecule has 36 heavy (non-hydrogen) atoms. The summed E-state index contributed by atoms with van der Waals surface area (Å²) < 4.78 is 29.8. The summed E-state index contributed by atoms with van der Waals surface area (Å²) in [6, 6.07) is 14.0. The van der Waals surface area contributed by atoms with E-state index in [1.54, 1.807) is 9.58 Å². The Hall–Kier alpha value is -3.04. The Kier molecular flexibility index (Phi) is 6.46. The van der Waals surface area contributed by atoms with Crippen molar-refractivity contribution in [2.45, 2.75) is 52.1 Å². The minimum atomic E-state index is -3.63. The molecule has 1 aromatic heterocycles. The fourth-order valence-electron chi connectivity index (χ4n) is 5.72. The summed E-state index contributed by atoms with van der Waals surface area (Å²) in [5, 5.41) is 4.59. The van der Waals surface area contributed by atoms with Crippen LogP contribution in [-0.4, -0.2) is 42.4 Å². The molecule has 0 saturated heterocycles. The highest BCUT2D eigenvalue weighted by molar-refractivity contribution is 7.85. The summed E-state index contributed by atoms with van der Waals surface area (Å²) in [6.45, 7) is 3.82. The van der Waals surface area contributed by atoms with Gasteiger partial charge in [-0.25, -0.2) is 9.67 Å². The van der Waals surface area contributed by atoms with Crippen molar-refractivity contribution in [1.29, 1.82) is 0 Å². The lowest BCUT2D eigenvalue weighted by atomic mass is 9.73. The largest absolute Gasteiger partial charge is 0.315 e. The van der Waals surface area contributed by atoms with E-state index in [0.717, 1.165) is 41.6 Å². The number of benzene rings is 2. The second-order valence-corrected chi connectivity index (χ2v) is 11.7. The van der Waals surface area contributed by atoms with E-state index in [1.165, 1.54) is 18.4 Å². The van der Waals surface area contributed by atoms with E-state index in [0.29, 0.717) is 11.7 Å². The number of amides is 1. The van der Waals surface area contributed by atoms with Crippen molar-refractivity contribution in [3.05, 3.63) is 59.4 Å². The van der Waals surface area contributed by atoms with Crippen LogP contribution in [0, 0.1) is 18.8 Å². The number of rotatable bonds is 6. The van der Waals surface area contributed by atoms with Gasteiger partial charge in [0.25, 0.3) is 10.1 Å². The number of fused-ring (bicyclic) bond motifs is 1. The molecule has 1 unspecified atom stereocenters. The maximum atomic E-state index is 13.1. The standard InChI is InChI=1S/C27H32N4O4S/c1-17-9-12-21(13-10-17)31-26(28-24(29-31)16-35-36(4,33)34)20-11-14-23-22(15-20)25(19-7-5-6-8-19)18(2)27(32)30(23)3/h9-15,18-19,25H,5-8,16H2,1-4H3/t18-,25?/m0/s1. The molecule has 9 heteroatoms. The van der Waals surface area contributed by atoms with Crippen molar-refractivity contribution in [2.75, 3.05) is 18.2 Å². The number of carbonyl (C=O) groups is 1. The van der Waals surface area contributed by atoms with Gasteiger partial charge in [-0.2, -0.15) is 8.42 Å². The Balaban J connectivity index is 1.62. The van der Waals surface area contributed by atoms with Gasteiger partial charge in [-0.3, -0.25) is 8.98 Å². The van der Waals surface area contributed by atoms with Crippen molar-refractivity contribution < 1.29 is 17.4 Å². The van der Waals surface area contributed by atoms with Crippen LogP contribution in [0.15, 0.2) is 42.5 Å².